The maximum absolute atomic E-state index is 11.8. The van der Waals surface area contributed by atoms with Gasteiger partial charge in [-0.15, -0.1) is 0 Å². The molecule has 0 bridgehead atoms. The summed E-state index contributed by atoms with van der Waals surface area (Å²) in [4.78, 5) is 13.7. The number of aliphatic hydroxyl groups excluding tert-OH is 1. The molecule has 3 atom stereocenters. The number of fused-ring (bicyclic) bond motifs is 3. The summed E-state index contributed by atoms with van der Waals surface area (Å²) in [6, 6.07) is 8.14. The third-order valence-corrected chi connectivity index (χ3v) is 4.06. The Morgan fingerprint density at radius 2 is 2.12 bits per heavy atom. The molecule has 1 aliphatic heterocycles. The summed E-state index contributed by atoms with van der Waals surface area (Å²) in [7, 11) is 0. The van der Waals surface area contributed by atoms with E-state index in [0.29, 0.717) is 0 Å². The van der Waals surface area contributed by atoms with E-state index >= 15 is 0 Å². The summed E-state index contributed by atoms with van der Waals surface area (Å²) in [5.74, 6) is 0.197. The molecule has 1 aromatic rings. The van der Waals surface area contributed by atoms with Gasteiger partial charge in [0.25, 0.3) is 0 Å². The van der Waals surface area contributed by atoms with Crippen molar-refractivity contribution in [3.8, 4) is 0 Å². The number of rotatable bonds is 0. The number of carbonyl (C=O) groups excluding carboxylic acids is 1. The molecule has 1 aromatic carbocycles. The fraction of sp³-hybridized carbons (Fsp3) is 0.500. The minimum atomic E-state index is -0.306. The third kappa shape index (κ3) is 1.49. The Bertz CT molecular complexity index is 457. The number of hydrogen-bond acceptors (Lipinski definition) is 2. The summed E-state index contributed by atoms with van der Waals surface area (Å²) >= 11 is 0. The van der Waals surface area contributed by atoms with Gasteiger partial charge in [-0.3, -0.25) is 4.79 Å². The van der Waals surface area contributed by atoms with Crippen LogP contribution in [0.25, 0.3) is 0 Å². The second kappa shape index (κ2) is 3.84. The maximum atomic E-state index is 11.8. The number of carbonyl (C=O) groups is 1. The first-order valence-corrected chi connectivity index (χ1v) is 6.27. The predicted molar refractivity (Wildman–Crippen MR) is 66.0 cm³/mol. The van der Waals surface area contributed by atoms with Crippen LogP contribution in [0.5, 0.6) is 0 Å². The smallest absolute Gasteiger partial charge is 0.224 e. The molecule has 0 spiro atoms. The van der Waals surface area contributed by atoms with Gasteiger partial charge < -0.3 is 10.0 Å². The van der Waals surface area contributed by atoms with Crippen molar-refractivity contribution in [2.75, 3.05) is 4.90 Å². The Morgan fingerprint density at radius 3 is 2.88 bits per heavy atom. The van der Waals surface area contributed by atoms with Gasteiger partial charge in [-0.2, -0.15) is 0 Å². The van der Waals surface area contributed by atoms with Gasteiger partial charge in [0.1, 0.15) is 0 Å². The molecule has 1 fully saturated rings. The van der Waals surface area contributed by atoms with Crippen LogP contribution in [0.4, 0.5) is 5.69 Å². The van der Waals surface area contributed by atoms with Crippen molar-refractivity contribution in [3.05, 3.63) is 29.8 Å². The van der Waals surface area contributed by atoms with E-state index in [9.17, 15) is 9.90 Å². The minimum Gasteiger partial charge on any atom is -0.392 e. The third-order valence-electron chi connectivity index (χ3n) is 4.06. The monoisotopic (exact) mass is 231 g/mol. The topological polar surface area (TPSA) is 40.5 Å². The van der Waals surface area contributed by atoms with Crippen molar-refractivity contribution in [3.63, 3.8) is 0 Å². The quantitative estimate of drug-likeness (QED) is 0.742. The van der Waals surface area contributed by atoms with Crippen LogP contribution in [0.15, 0.2) is 24.3 Å². The molecular formula is C14H17NO2. The van der Waals surface area contributed by atoms with Gasteiger partial charge in [-0.25, -0.2) is 0 Å². The zero-order chi connectivity index (χ0) is 12.0. The fourth-order valence-electron chi connectivity index (χ4n) is 3.43. The van der Waals surface area contributed by atoms with E-state index in [1.165, 1.54) is 0 Å². The maximum Gasteiger partial charge on any atom is 0.224 e. The van der Waals surface area contributed by atoms with Crippen LogP contribution >= 0.6 is 0 Å². The Labute approximate surface area is 101 Å². The zero-order valence-corrected chi connectivity index (χ0v) is 9.97. The lowest BCUT2D eigenvalue weighted by Crippen LogP contribution is -2.43. The van der Waals surface area contributed by atoms with Crippen molar-refractivity contribution in [1.29, 1.82) is 0 Å². The van der Waals surface area contributed by atoms with Crippen LogP contribution < -0.4 is 4.90 Å². The summed E-state index contributed by atoms with van der Waals surface area (Å²) < 4.78 is 0. The van der Waals surface area contributed by atoms with E-state index in [1.54, 1.807) is 6.92 Å². The standard InChI is InChI=1S/C14H17NO2/c1-9(16)15-11-6-3-2-5-10(11)14-12(15)7-4-8-13(14)17/h2-3,5-6,12-14,17H,4,7-8H2,1H3/t12-,13-,14-/m0/s1. The number of amides is 1. The largest absolute Gasteiger partial charge is 0.392 e. The molecule has 0 aromatic heterocycles. The summed E-state index contributed by atoms with van der Waals surface area (Å²) in [5.41, 5.74) is 2.14. The van der Waals surface area contributed by atoms with E-state index in [2.05, 4.69) is 0 Å². The molecule has 3 nitrogen and oxygen atoms in total. The average Bonchev–Trinajstić information content (AvgIpc) is 2.64. The van der Waals surface area contributed by atoms with Crippen LogP contribution in [0, 0.1) is 0 Å². The zero-order valence-electron chi connectivity index (χ0n) is 9.97. The molecule has 0 radical (unpaired) electrons. The first kappa shape index (κ1) is 10.8. The highest BCUT2D eigenvalue weighted by Gasteiger charge is 2.45. The molecule has 1 amide bonds. The van der Waals surface area contributed by atoms with Gasteiger partial charge in [-0.05, 0) is 30.9 Å². The van der Waals surface area contributed by atoms with Gasteiger partial charge in [0.2, 0.25) is 5.91 Å². The van der Waals surface area contributed by atoms with E-state index in [0.717, 1.165) is 30.5 Å². The Morgan fingerprint density at radius 1 is 1.35 bits per heavy atom. The van der Waals surface area contributed by atoms with Crippen LogP contribution in [0.1, 0.15) is 37.7 Å². The highest BCUT2D eigenvalue weighted by atomic mass is 16.3. The normalized spacial score (nSPS) is 30.9. The molecule has 2 aliphatic rings. The van der Waals surface area contributed by atoms with Gasteiger partial charge in [0.15, 0.2) is 0 Å². The highest BCUT2D eigenvalue weighted by molar-refractivity contribution is 5.95. The van der Waals surface area contributed by atoms with Crippen molar-refractivity contribution in [2.24, 2.45) is 0 Å². The Hall–Kier alpha value is -1.35. The molecule has 1 saturated carbocycles. The second-order valence-corrected chi connectivity index (χ2v) is 5.04. The van der Waals surface area contributed by atoms with E-state index in [1.807, 2.05) is 29.2 Å². The first-order valence-electron chi connectivity index (χ1n) is 6.27. The number of nitrogens with zero attached hydrogens (tertiary/aromatic N) is 1. The van der Waals surface area contributed by atoms with E-state index < -0.39 is 0 Å². The Kier molecular flexibility index (Phi) is 2.44. The molecule has 1 aliphatic carbocycles. The summed E-state index contributed by atoms with van der Waals surface area (Å²) in [6.45, 7) is 1.61. The number of aliphatic hydroxyl groups is 1. The molecule has 0 unspecified atom stereocenters. The number of hydrogen-bond donors (Lipinski definition) is 1. The lowest BCUT2D eigenvalue weighted by Gasteiger charge is -2.34. The van der Waals surface area contributed by atoms with Crippen LogP contribution in [-0.2, 0) is 4.79 Å². The summed E-state index contributed by atoms with van der Waals surface area (Å²) in [5, 5.41) is 10.2. The van der Waals surface area contributed by atoms with Crippen molar-refractivity contribution < 1.29 is 9.90 Å². The van der Waals surface area contributed by atoms with Crippen molar-refractivity contribution >= 4 is 11.6 Å². The van der Waals surface area contributed by atoms with Gasteiger partial charge in [0, 0.05) is 24.6 Å². The van der Waals surface area contributed by atoms with Crippen LogP contribution in [0.2, 0.25) is 0 Å². The molecule has 1 heterocycles. The lowest BCUT2D eigenvalue weighted by molar-refractivity contribution is -0.117. The molecule has 0 saturated heterocycles. The average molecular weight is 231 g/mol. The number of anilines is 1. The minimum absolute atomic E-state index is 0.0825. The fourth-order valence-corrected chi connectivity index (χ4v) is 3.43. The molecule has 3 rings (SSSR count). The van der Waals surface area contributed by atoms with Gasteiger partial charge in [0.05, 0.1) is 6.10 Å². The molecule has 3 heteroatoms. The molecular weight excluding hydrogens is 214 g/mol. The van der Waals surface area contributed by atoms with E-state index in [-0.39, 0.29) is 24.0 Å². The first-order chi connectivity index (χ1) is 8.20. The van der Waals surface area contributed by atoms with Crippen LogP contribution in [0.3, 0.4) is 0 Å². The number of benzene rings is 1. The second-order valence-electron chi connectivity index (χ2n) is 5.04. The molecule has 17 heavy (non-hydrogen) atoms. The van der Waals surface area contributed by atoms with Crippen molar-refractivity contribution in [1.82, 2.24) is 0 Å². The lowest BCUT2D eigenvalue weighted by atomic mass is 9.80. The van der Waals surface area contributed by atoms with Crippen molar-refractivity contribution in [2.45, 2.75) is 44.2 Å². The Balaban J connectivity index is 2.11. The van der Waals surface area contributed by atoms with Gasteiger partial charge >= 0.3 is 0 Å². The highest BCUT2D eigenvalue weighted by Crippen LogP contribution is 2.47. The molecule has 1 N–H and O–H groups in total. The SMILES string of the molecule is CC(=O)N1c2ccccc2[C@@H]2[C@@H](O)CCC[C@@H]21. The van der Waals surface area contributed by atoms with Gasteiger partial charge in [-0.1, -0.05) is 18.2 Å². The summed E-state index contributed by atoms with van der Waals surface area (Å²) in [6.07, 6.45) is 2.54. The van der Waals surface area contributed by atoms with E-state index in [4.69, 9.17) is 0 Å². The number of para-hydroxylation sites is 1. The predicted octanol–water partition coefficient (Wildman–Crippen LogP) is 2.05. The van der Waals surface area contributed by atoms with Crippen LogP contribution in [-0.4, -0.2) is 23.2 Å². The molecule has 90 valence electrons.